The number of halogens is 2. The monoisotopic (exact) mass is 402 g/mol. The zero-order valence-electron chi connectivity index (χ0n) is 17.2. The van der Waals surface area contributed by atoms with Crippen LogP contribution >= 0.6 is 0 Å². The largest absolute Gasteiger partial charge is 0.452 e. The Morgan fingerprint density at radius 2 is 1.62 bits per heavy atom. The van der Waals surface area contributed by atoms with E-state index in [1.165, 1.54) is 44.2 Å². The molecule has 0 radical (unpaired) electrons. The van der Waals surface area contributed by atoms with Crippen molar-refractivity contribution in [3.8, 4) is 11.5 Å². The second kappa shape index (κ2) is 9.95. The number of benzene rings is 2. The second-order valence-corrected chi connectivity index (χ2v) is 8.25. The van der Waals surface area contributed by atoms with E-state index in [0.717, 1.165) is 31.6 Å². The molecule has 4 N–H and O–H groups in total. The zero-order valence-corrected chi connectivity index (χ0v) is 17.2. The molecule has 0 heterocycles. The highest BCUT2D eigenvalue weighted by Crippen LogP contribution is 2.41. The molecule has 0 saturated heterocycles. The lowest BCUT2D eigenvalue weighted by Gasteiger charge is -2.29. The van der Waals surface area contributed by atoms with Gasteiger partial charge in [0.1, 0.15) is 0 Å². The van der Waals surface area contributed by atoms with E-state index in [9.17, 15) is 8.78 Å². The molecule has 0 unspecified atom stereocenters. The van der Waals surface area contributed by atoms with Crippen molar-refractivity contribution in [1.82, 2.24) is 0 Å². The highest BCUT2D eigenvalue weighted by molar-refractivity contribution is 5.61. The number of nitrogen functional groups attached to an aromatic ring is 2. The quantitative estimate of drug-likeness (QED) is 0.363. The standard InChI is InChI=1S/C24H32F2N2O/c1-2-3-4-5-6-16-7-9-17(10-8-16)19-12-14-22(24(26)23(19)25)29-21-13-11-18(27)15-20(21)28/h11-17H,2-10,27-28H2,1H3. The lowest BCUT2D eigenvalue weighted by atomic mass is 9.77. The van der Waals surface area contributed by atoms with Crippen molar-refractivity contribution in [2.75, 3.05) is 11.5 Å². The van der Waals surface area contributed by atoms with Crippen LogP contribution in [-0.4, -0.2) is 0 Å². The number of hydrogen-bond donors (Lipinski definition) is 2. The molecular weight excluding hydrogens is 370 g/mol. The first-order valence-corrected chi connectivity index (χ1v) is 10.8. The Balaban J connectivity index is 1.62. The van der Waals surface area contributed by atoms with Crippen LogP contribution in [0.2, 0.25) is 0 Å². The van der Waals surface area contributed by atoms with Crippen LogP contribution in [0.4, 0.5) is 20.2 Å². The summed E-state index contributed by atoms with van der Waals surface area (Å²) in [6.45, 7) is 2.22. The molecule has 158 valence electrons. The molecule has 3 rings (SSSR count). The number of unbranched alkanes of at least 4 members (excludes halogenated alkanes) is 3. The molecule has 5 heteroatoms. The predicted octanol–water partition coefficient (Wildman–Crippen LogP) is 7.17. The SMILES string of the molecule is CCCCCCC1CCC(c2ccc(Oc3ccc(N)cc3N)c(F)c2F)CC1. The minimum absolute atomic E-state index is 0.0760. The second-order valence-electron chi connectivity index (χ2n) is 8.25. The van der Waals surface area contributed by atoms with Crippen LogP contribution in [0.15, 0.2) is 30.3 Å². The minimum Gasteiger partial charge on any atom is -0.452 e. The zero-order chi connectivity index (χ0) is 20.8. The van der Waals surface area contributed by atoms with Gasteiger partial charge in [-0.3, -0.25) is 0 Å². The molecule has 0 amide bonds. The molecule has 2 aromatic rings. The first-order valence-electron chi connectivity index (χ1n) is 10.8. The van der Waals surface area contributed by atoms with Crippen LogP contribution in [-0.2, 0) is 0 Å². The van der Waals surface area contributed by atoms with Gasteiger partial charge in [-0.05, 0) is 67.3 Å². The summed E-state index contributed by atoms with van der Waals surface area (Å²) in [5.41, 5.74) is 12.7. The van der Waals surface area contributed by atoms with Gasteiger partial charge in [-0.2, -0.15) is 4.39 Å². The highest BCUT2D eigenvalue weighted by atomic mass is 19.2. The Morgan fingerprint density at radius 1 is 0.897 bits per heavy atom. The molecule has 29 heavy (non-hydrogen) atoms. The molecule has 0 atom stereocenters. The van der Waals surface area contributed by atoms with E-state index in [-0.39, 0.29) is 23.1 Å². The first kappa shape index (κ1) is 21.4. The lowest BCUT2D eigenvalue weighted by molar-refractivity contribution is 0.296. The van der Waals surface area contributed by atoms with Gasteiger partial charge in [-0.1, -0.05) is 45.1 Å². The number of rotatable bonds is 8. The molecule has 2 aromatic carbocycles. The molecule has 1 aliphatic carbocycles. The third-order valence-corrected chi connectivity index (χ3v) is 6.08. The van der Waals surface area contributed by atoms with Crippen molar-refractivity contribution >= 4 is 11.4 Å². The normalized spacial score (nSPS) is 19.3. The Hall–Kier alpha value is -2.30. The number of ether oxygens (including phenoxy) is 1. The Morgan fingerprint density at radius 3 is 2.31 bits per heavy atom. The van der Waals surface area contributed by atoms with Gasteiger partial charge in [-0.15, -0.1) is 0 Å². The molecule has 0 aliphatic heterocycles. The summed E-state index contributed by atoms with van der Waals surface area (Å²) in [7, 11) is 0. The molecule has 1 fully saturated rings. The van der Waals surface area contributed by atoms with Crippen LogP contribution in [0.25, 0.3) is 0 Å². The van der Waals surface area contributed by atoms with Crippen molar-refractivity contribution in [3.63, 3.8) is 0 Å². The summed E-state index contributed by atoms with van der Waals surface area (Å²) in [5.74, 6) is -0.858. The van der Waals surface area contributed by atoms with E-state index < -0.39 is 11.6 Å². The van der Waals surface area contributed by atoms with Gasteiger partial charge in [0.15, 0.2) is 17.3 Å². The van der Waals surface area contributed by atoms with Crippen LogP contribution < -0.4 is 16.2 Å². The molecule has 0 aromatic heterocycles. The van der Waals surface area contributed by atoms with Gasteiger partial charge >= 0.3 is 0 Å². The summed E-state index contributed by atoms with van der Waals surface area (Å²) in [6, 6.07) is 7.85. The summed E-state index contributed by atoms with van der Waals surface area (Å²) in [5, 5.41) is 0. The molecule has 0 bridgehead atoms. The topological polar surface area (TPSA) is 61.3 Å². The predicted molar refractivity (Wildman–Crippen MR) is 115 cm³/mol. The molecule has 1 saturated carbocycles. The van der Waals surface area contributed by atoms with E-state index in [1.54, 1.807) is 18.2 Å². The van der Waals surface area contributed by atoms with Gasteiger partial charge in [0, 0.05) is 5.69 Å². The highest BCUT2D eigenvalue weighted by Gasteiger charge is 2.26. The van der Waals surface area contributed by atoms with E-state index in [1.807, 2.05) is 0 Å². The first-order chi connectivity index (χ1) is 14.0. The number of anilines is 2. The van der Waals surface area contributed by atoms with Crippen molar-refractivity contribution in [2.24, 2.45) is 5.92 Å². The fourth-order valence-electron chi connectivity index (χ4n) is 4.34. The maximum Gasteiger partial charge on any atom is 0.201 e. The smallest absolute Gasteiger partial charge is 0.201 e. The van der Waals surface area contributed by atoms with Crippen molar-refractivity contribution in [1.29, 1.82) is 0 Å². The van der Waals surface area contributed by atoms with Gasteiger partial charge in [0.25, 0.3) is 0 Å². The van der Waals surface area contributed by atoms with Crippen molar-refractivity contribution in [3.05, 3.63) is 47.5 Å². The third-order valence-electron chi connectivity index (χ3n) is 6.08. The molecule has 1 aliphatic rings. The van der Waals surface area contributed by atoms with E-state index in [0.29, 0.717) is 11.3 Å². The summed E-state index contributed by atoms with van der Waals surface area (Å²) in [6.07, 6.45) is 10.4. The van der Waals surface area contributed by atoms with E-state index >= 15 is 0 Å². The fraction of sp³-hybridized carbons (Fsp3) is 0.500. The average Bonchev–Trinajstić information content (AvgIpc) is 2.71. The number of nitrogens with two attached hydrogens (primary N) is 2. The maximum absolute atomic E-state index is 14.8. The third kappa shape index (κ3) is 5.40. The summed E-state index contributed by atoms with van der Waals surface area (Å²) >= 11 is 0. The average molecular weight is 403 g/mol. The van der Waals surface area contributed by atoms with Crippen LogP contribution in [0.5, 0.6) is 11.5 Å². The van der Waals surface area contributed by atoms with Gasteiger partial charge in [-0.25, -0.2) is 4.39 Å². The van der Waals surface area contributed by atoms with Crippen LogP contribution in [0.1, 0.15) is 76.2 Å². The van der Waals surface area contributed by atoms with Gasteiger partial charge < -0.3 is 16.2 Å². The Kier molecular flexibility index (Phi) is 7.34. The van der Waals surface area contributed by atoms with Crippen LogP contribution in [0.3, 0.4) is 0 Å². The maximum atomic E-state index is 14.8. The van der Waals surface area contributed by atoms with E-state index in [2.05, 4.69) is 6.92 Å². The Bertz CT molecular complexity index is 817. The number of hydrogen-bond acceptors (Lipinski definition) is 3. The summed E-state index contributed by atoms with van der Waals surface area (Å²) < 4.78 is 35.0. The molecule has 3 nitrogen and oxygen atoms in total. The fourth-order valence-corrected chi connectivity index (χ4v) is 4.34. The summed E-state index contributed by atoms with van der Waals surface area (Å²) in [4.78, 5) is 0. The van der Waals surface area contributed by atoms with Gasteiger partial charge in [0.05, 0.1) is 5.69 Å². The molecular formula is C24H32F2N2O. The lowest BCUT2D eigenvalue weighted by Crippen LogP contribution is -2.15. The van der Waals surface area contributed by atoms with Crippen molar-refractivity contribution in [2.45, 2.75) is 70.6 Å². The Labute approximate surface area is 172 Å². The van der Waals surface area contributed by atoms with Crippen molar-refractivity contribution < 1.29 is 13.5 Å². The van der Waals surface area contributed by atoms with Crippen LogP contribution in [0, 0.1) is 17.6 Å². The van der Waals surface area contributed by atoms with E-state index in [4.69, 9.17) is 16.2 Å². The van der Waals surface area contributed by atoms with Gasteiger partial charge in [0.2, 0.25) is 5.82 Å². The molecule has 0 spiro atoms. The minimum atomic E-state index is -0.958.